The van der Waals surface area contributed by atoms with Crippen LogP contribution >= 0.6 is 27.3 Å². The van der Waals surface area contributed by atoms with E-state index in [0.717, 1.165) is 20.7 Å². The van der Waals surface area contributed by atoms with Gasteiger partial charge in [0.2, 0.25) is 5.88 Å². The number of benzene rings is 1. The van der Waals surface area contributed by atoms with Gasteiger partial charge in [0.05, 0.1) is 10.8 Å². The average Bonchev–Trinajstić information content (AvgIpc) is 3.09. The van der Waals surface area contributed by atoms with E-state index in [1.54, 1.807) is 11.3 Å². The predicted octanol–water partition coefficient (Wildman–Crippen LogP) is 4.47. The standard InChI is InChI=1S/C16H9BrN2O2S/c17-12-6-5-10(20-12)13-9(7-18)16(19)21-14-8-3-1-2-4-11(8)22-15(13)14/h1-6,13H,19H2/t13-/m1/s1. The van der Waals surface area contributed by atoms with E-state index in [9.17, 15) is 5.26 Å². The minimum absolute atomic E-state index is 0.135. The van der Waals surface area contributed by atoms with Gasteiger partial charge in [-0.25, -0.2) is 0 Å². The van der Waals surface area contributed by atoms with Crippen LogP contribution in [-0.4, -0.2) is 0 Å². The molecule has 108 valence electrons. The van der Waals surface area contributed by atoms with Crippen LogP contribution in [0.3, 0.4) is 0 Å². The van der Waals surface area contributed by atoms with E-state index in [1.165, 1.54) is 0 Å². The molecule has 0 fully saturated rings. The first-order chi connectivity index (χ1) is 10.7. The number of nitrogens with two attached hydrogens (primary N) is 1. The number of halogens is 1. The summed E-state index contributed by atoms with van der Waals surface area (Å²) in [6.07, 6.45) is 0. The SMILES string of the molecule is N#CC1=C(N)Oc2c(sc3ccccc23)[C@H]1c1ccc(Br)o1. The Morgan fingerprint density at radius 3 is 2.77 bits per heavy atom. The summed E-state index contributed by atoms with van der Waals surface area (Å²) in [5.41, 5.74) is 6.35. The van der Waals surface area contributed by atoms with Crippen molar-refractivity contribution in [2.24, 2.45) is 5.73 Å². The molecule has 6 heteroatoms. The van der Waals surface area contributed by atoms with Crippen molar-refractivity contribution < 1.29 is 9.15 Å². The Labute approximate surface area is 138 Å². The van der Waals surface area contributed by atoms with Gasteiger partial charge in [0.15, 0.2) is 10.4 Å². The molecule has 0 bridgehead atoms. The Hall–Kier alpha value is -2.23. The highest BCUT2D eigenvalue weighted by atomic mass is 79.9. The average molecular weight is 373 g/mol. The Kier molecular flexibility index (Phi) is 2.99. The molecular weight excluding hydrogens is 364 g/mol. The van der Waals surface area contributed by atoms with Crippen molar-refractivity contribution in [3.63, 3.8) is 0 Å². The van der Waals surface area contributed by atoms with Crippen molar-refractivity contribution in [2.45, 2.75) is 5.92 Å². The van der Waals surface area contributed by atoms with E-state index in [0.29, 0.717) is 16.0 Å². The third-order valence-electron chi connectivity index (χ3n) is 3.60. The highest BCUT2D eigenvalue weighted by Gasteiger charge is 2.35. The van der Waals surface area contributed by atoms with Gasteiger partial charge in [0, 0.05) is 10.1 Å². The zero-order valence-electron chi connectivity index (χ0n) is 11.2. The van der Waals surface area contributed by atoms with Crippen LogP contribution in [0.2, 0.25) is 0 Å². The van der Waals surface area contributed by atoms with Crippen LogP contribution < -0.4 is 10.5 Å². The first-order valence-corrected chi connectivity index (χ1v) is 8.14. The lowest BCUT2D eigenvalue weighted by molar-refractivity contribution is 0.390. The Bertz CT molecular complexity index is 964. The molecule has 0 spiro atoms. The molecule has 0 saturated heterocycles. The van der Waals surface area contributed by atoms with Gasteiger partial charge in [-0.15, -0.1) is 11.3 Å². The van der Waals surface area contributed by atoms with Gasteiger partial charge in [-0.2, -0.15) is 5.26 Å². The number of fused-ring (bicyclic) bond motifs is 3. The van der Waals surface area contributed by atoms with Gasteiger partial charge in [-0.1, -0.05) is 12.1 Å². The highest BCUT2D eigenvalue weighted by molar-refractivity contribution is 9.10. The summed E-state index contributed by atoms with van der Waals surface area (Å²) >= 11 is 4.90. The van der Waals surface area contributed by atoms with Crippen LogP contribution in [0.15, 0.2) is 56.9 Å². The summed E-state index contributed by atoms with van der Waals surface area (Å²) in [6, 6.07) is 13.8. The molecule has 0 radical (unpaired) electrons. The topological polar surface area (TPSA) is 72.2 Å². The van der Waals surface area contributed by atoms with Gasteiger partial charge in [-0.3, -0.25) is 0 Å². The molecule has 1 aromatic carbocycles. The van der Waals surface area contributed by atoms with Gasteiger partial charge >= 0.3 is 0 Å². The quantitative estimate of drug-likeness (QED) is 0.683. The maximum Gasteiger partial charge on any atom is 0.205 e. The molecule has 1 aliphatic rings. The van der Waals surface area contributed by atoms with Crippen LogP contribution in [0.1, 0.15) is 16.6 Å². The second-order valence-corrected chi connectivity index (χ2v) is 6.72. The number of thiophene rings is 1. The van der Waals surface area contributed by atoms with E-state index in [2.05, 4.69) is 22.0 Å². The summed E-state index contributed by atoms with van der Waals surface area (Å²) in [5.74, 6) is 1.19. The molecule has 0 saturated carbocycles. The number of rotatable bonds is 1. The third-order valence-corrected chi connectivity index (χ3v) is 5.25. The number of ether oxygens (including phenoxy) is 1. The van der Waals surface area contributed by atoms with Crippen LogP contribution in [0.5, 0.6) is 5.75 Å². The summed E-state index contributed by atoms with van der Waals surface area (Å²) < 4.78 is 13.1. The molecule has 22 heavy (non-hydrogen) atoms. The van der Waals surface area contributed by atoms with E-state index < -0.39 is 0 Å². The van der Waals surface area contributed by atoms with Crippen molar-refractivity contribution in [3.8, 4) is 11.8 Å². The molecule has 0 amide bonds. The lowest BCUT2D eigenvalue weighted by Gasteiger charge is -2.21. The molecule has 0 aliphatic carbocycles. The fourth-order valence-corrected chi connectivity index (χ4v) is 4.22. The van der Waals surface area contributed by atoms with Crippen molar-refractivity contribution in [3.05, 3.63) is 63.2 Å². The minimum atomic E-state index is -0.336. The summed E-state index contributed by atoms with van der Waals surface area (Å²) in [6.45, 7) is 0. The van der Waals surface area contributed by atoms with Crippen molar-refractivity contribution in [1.82, 2.24) is 0 Å². The maximum absolute atomic E-state index is 9.48. The summed E-state index contributed by atoms with van der Waals surface area (Å²) in [7, 11) is 0. The first-order valence-electron chi connectivity index (χ1n) is 6.53. The van der Waals surface area contributed by atoms with E-state index in [4.69, 9.17) is 14.9 Å². The number of nitrogens with zero attached hydrogens (tertiary/aromatic N) is 1. The van der Waals surface area contributed by atoms with Gasteiger partial charge in [0.1, 0.15) is 17.4 Å². The predicted molar refractivity (Wildman–Crippen MR) is 87.5 cm³/mol. The lowest BCUT2D eigenvalue weighted by atomic mass is 9.93. The lowest BCUT2D eigenvalue weighted by Crippen LogP contribution is -2.19. The number of hydrogen-bond donors (Lipinski definition) is 1. The molecule has 2 N–H and O–H groups in total. The number of hydrogen-bond acceptors (Lipinski definition) is 5. The van der Waals surface area contributed by atoms with Gasteiger partial charge in [-0.05, 0) is 40.2 Å². The van der Waals surface area contributed by atoms with Gasteiger partial charge < -0.3 is 14.9 Å². The largest absolute Gasteiger partial charge is 0.453 e. The molecule has 3 aromatic rings. The third kappa shape index (κ3) is 1.86. The van der Waals surface area contributed by atoms with Crippen LogP contribution in [0.25, 0.3) is 10.1 Å². The number of allylic oxidation sites excluding steroid dienone is 1. The van der Waals surface area contributed by atoms with Crippen LogP contribution in [-0.2, 0) is 0 Å². The molecule has 2 aromatic heterocycles. The molecule has 4 rings (SSSR count). The number of nitriles is 1. The fourth-order valence-electron chi connectivity index (χ4n) is 2.65. The normalized spacial score (nSPS) is 17.2. The Balaban J connectivity index is 2.01. The van der Waals surface area contributed by atoms with Crippen LogP contribution in [0.4, 0.5) is 0 Å². The Morgan fingerprint density at radius 2 is 2.05 bits per heavy atom. The maximum atomic E-state index is 9.48. The molecule has 3 heterocycles. The van der Waals surface area contributed by atoms with Crippen molar-refractivity contribution >= 4 is 37.4 Å². The van der Waals surface area contributed by atoms with E-state index >= 15 is 0 Å². The summed E-state index contributed by atoms with van der Waals surface area (Å²) in [4.78, 5) is 0.939. The smallest absolute Gasteiger partial charge is 0.205 e. The van der Waals surface area contributed by atoms with E-state index in [-0.39, 0.29) is 11.8 Å². The highest BCUT2D eigenvalue weighted by Crippen LogP contribution is 2.50. The molecule has 4 nitrogen and oxygen atoms in total. The fraction of sp³-hybridized carbons (Fsp3) is 0.0625. The second kappa shape index (κ2) is 4.90. The summed E-state index contributed by atoms with van der Waals surface area (Å²) in [5, 5.41) is 10.5. The van der Waals surface area contributed by atoms with Crippen molar-refractivity contribution in [2.75, 3.05) is 0 Å². The molecule has 1 atom stereocenters. The minimum Gasteiger partial charge on any atom is -0.453 e. The Morgan fingerprint density at radius 1 is 1.23 bits per heavy atom. The van der Waals surface area contributed by atoms with E-state index in [1.807, 2.05) is 36.4 Å². The number of furan rings is 1. The van der Waals surface area contributed by atoms with Crippen LogP contribution in [0, 0.1) is 11.3 Å². The van der Waals surface area contributed by atoms with Crippen molar-refractivity contribution in [1.29, 1.82) is 5.26 Å². The first kappa shape index (κ1) is 13.4. The zero-order chi connectivity index (χ0) is 15.3. The monoisotopic (exact) mass is 372 g/mol. The van der Waals surface area contributed by atoms with Gasteiger partial charge in [0.25, 0.3) is 0 Å². The molecule has 1 aliphatic heterocycles. The molecule has 0 unspecified atom stereocenters. The molecular formula is C16H9BrN2O2S. The second-order valence-electron chi connectivity index (χ2n) is 4.86. The zero-order valence-corrected chi connectivity index (χ0v) is 13.6.